The molecule has 0 bridgehead atoms. The van der Waals surface area contributed by atoms with Crippen LogP contribution in [0.4, 0.5) is 5.69 Å². The number of benzene rings is 1. The van der Waals surface area contributed by atoms with Gasteiger partial charge in [-0.05, 0) is 12.3 Å². The molecule has 0 radical (unpaired) electrons. The largest absolute Gasteiger partial charge is 0.356 e. The fourth-order valence-corrected chi connectivity index (χ4v) is 2.28. The molecular weight excluding hydrogens is 268 g/mol. The van der Waals surface area contributed by atoms with Crippen molar-refractivity contribution in [3.63, 3.8) is 0 Å². The maximum Gasteiger partial charge on any atom is 0.273 e. The van der Waals surface area contributed by atoms with Crippen LogP contribution in [-0.4, -0.2) is 17.4 Å². The zero-order chi connectivity index (χ0) is 15.7. The Bertz CT molecular complexity index is 474. The van der Waals surface area contributed by atoms with E-state index in [2.05, 4.69) is 19.2 Å². The molecule has 1 atom stereocenters. The summed E-state index contributed by atoms with van der Waals surface area (Å²) in [5, 5.41) is 13.8. The van der Waals surface area contributed by atoms with Gasteiger partial charge in [0.15, 0.2) is 0 Å². The van der Waals surface area contributed by atoms with Crippen molar-refractivity contribution in [2.24, 2.45) is 5.92 Å². The van der Waals surface area contributed by atoms with Crippen molar-refractivity contribution in [3.8, 4) is 0 Å². The molecule has 0 aromatic heterocycles. The molecule has 1 N–H and O–H groups in total. The molecule has 1 aromatic carbocycles. The van der Waals surface area contributed by atoms with Gasteiger partial charge in [-0.2, -0.15) is 0 Å². The molecule has 0 saturated carbocycles. The maximum atomic E-state index is 11.9. The van der Waals surface area contributed by atoms with E-state index in [1.165, 1.54) is 12.5 Å². The van der Waals surface area contributed by atoms with E-state index in [9.17, 15) is 14.9 Å². The van der Waals surface area contributed by atoms with Crippen molar-refractivity contribution in [2.75, 3.05) is 6.54 Å². The van der Waals surface area contributed by atoms with E-state index in [-0.39, 0.29) is 18.0 Å². The van der Waals surface area contributed by atoms with E-state index >= 15 is 0 Å². The molecule has 0 unspecified atom stereocenters. The van der Waals surface area contributed by atoms with Gasteiger partial charge in [-0.25, -0.2) is 0 Å². The lowest BCUT2D eigenvalue weighted by Crippen LogP contribution is -2.30. The molecule has 0 heterocycles. The van der Waals surface area contributed by atoms with Gasteiger partial charge < -0.3 is 5.32 Å². The van der Waals surface area contributed by atoms with Crippen LogP contribution in [0.1, 0.15) is 45.1 Å². The summed E-state index contributed by atoms with van der Waals surface area (Å²) in [5.74, 6) is 0.332. The van der Waals surface area contributed by atoms with Crippen molar-refractivity contribution in [3.05, 3.63) is 39.9 Å². The SMILES string of the molecule is CCCC[C@@H](CC)CNC(=O)Cc1ccccc1[N+](=O)[O-]. The number of hydrogen-bond donors (Lipinski definition) is 1. The number of para-hydroxylation sites is 1. The van der Waals surface area contributed by atoms with E-state index in [1.807, 2.05) is 0 Å². The molecule has 1 amide bonds. The zero-order valence-electron chi connectivity index (χ0n) is 12.8. The second-order valence-corrected chi connectivity index (χ2v) is 5.28. The lowest BCUT2D eigenvalue weighted by molar-refractivity contribution is -0.385. The number of carbonyl (C=O) groups is 1. The number of rotatable bonds is 9. The first kappa shape index (κ1) is 17.1. The Morgan fingerprint density at radius 2 is 2.05 bits per heavy atom. The highest BCUT2D eigenvalue weighted by Crippen LogP contribution is 2.18. The van der Waals surface area contributed by atoms with Gasteiger partial charge in [0.2, 0.25) is 5.91 Å². The first-order valence-electron chi connectivity index (χ1n) is 7.57. The summed E-state index contributed by atoms with van der Waals surface area (Å²) >= 11 is 0. The average Bonchev–Trinajstić information content (AvgIpc) is 2.47. The van der Waals surface area contributed by atoms with Crippen LogP contribution in [0.25, 0.3) is 0 Å². The van der Waals surface area contributed by atoms with Gasteiger partial charge >= 0.3 is 0 Å². The fraction of sp³-hybridized carbons (Fsp3) is 0.562. The quantitative estimate of drug-likeness (QED) is 0.559. The van der Waals surface area contributed by atoms with E-state index < -0.39 is 4.92 Å². The summed E-state index contributed by atoms with van der Waals surface area (Å²) in [6.45, 7) is 4.92. The minimum absolute atomic E-state index is 0.00525. The Hall–Kier alpha value is -1.91. The number of amides is 1. The van der Waals surface area contributed by atoms with Crippen molar-refractivity contribution >= 4 is 11.6 Å². The van der Waals surface area contributed by atoms with E-state index in [0.29, 0.717) is 18.0 Å². The Labute approximate surface area is 125 Å². The minimum Gasteiger partial charge on any atom is -0.356 e. The smallest absolute Gasteiger partial charge is 0.273 e. The van der Waals surface area contributed by atoms with Gasteiger partial charge in [-0.15, -0.1) is 0 Å². The molecule has 0 aliphatic heterocycles. The molecule has 5 nitrogen and oxygen atoms in total. The lowest BCUT2D eigenvalue weighted by atomic mass is 9.99. The van der Waals surface area contributed by atoms with Gasteiger partial charge in [-0.1, -0.05) is 51.3 Å². The molecular formula is C16H24N2O3. The highest BCUT2D eigenvalue weighted by molar-refractivity contribution is 5.79. The van der Waals surface area contributed by atoms with E-state index in [1.54, 1.807) is 18.2 Å². The zero-order valence-corrected chi connectivity index (χ0v) is 12.8. The van der Waals surface area contributed by atoms with Crippen LogP contribution in [0.3, 0.4) is 0 Å². The molecule has 0 fully saturated rings. The summed E-state index contributed by atoms with van der Waals surface area (Å²) in [7, 11) is 0. The third kappa shape index (κ3) is 5.94. The van der Waals surface area contributed by atoms with E-state index in [0.717, 1.165) is 19.3 Å². The van der Waals surface area contributed by atoms with Crippen LogP contribution in [0.5, 0.6) is 0 Å². The summed E-state index contributed by atoms with van der Waals surface area (Å²) in [4.78, 5) is 22.4. The molecule has 0 saturated heterocycles. The van der Waals surface area contributed by atoms with Crippen LogP contribution in [0, 0.1) is 16.0 Å². The minimum atomic E-state index is -0.446. The Kier molecular flexibility index (Phi) is 7.43. The normalized spacial score (nSPS) is 11.9. The first-order valence-corrected chi connectivity index (χ1v) is 7.57. The van der Waals surface area contributed by atoms with Gasteiger partial charge in [0, 0.05) is 18.2 Å². The third-order valence-electron chi connectivity index (χ3n) is 3.67. The molecule has 0 aliphatic carbocycles. The summed E-state index contributed by atoms with van der Waals surface area (Å²) in [5.41, 5.74) is 0.465. The molecule has 0 aliphatic rings. The summed E-state index contributed by atoms with van der Waals surface area (Å²) in [6.07, 6.45) is 4.52. The van der Waals surface area contributed by atoms with Crippen molar-refractivity contribution in [1.29, 1.82) is 0 Å². The van der Waals surface area contributed by atoms with Crippen LogP contribution in [-0.2, 0) is 11.2 Å². The second-order valence-electron chi connectivity index (χ2n) is 5.28. The Morgan fingerprint density at radius 1 is 1.33 bits per heavy atom. The Morgan fingerprint density at radius 3 is 2.67 bits per heavy atom. The van der Waals surface area contributed by atoms with Crippen LogP contribution < -0.4 is 5.32 Å². The molecule has 21 heavy (non-hydrogen) atoms. The number of nitro benzene ring substituents is 1. The predicted molar refractivity (Wildman–Crippen MR) is 83.1 cm³/mol. The number of unbranched alkanes of at least 4 members (excludes halogenated alkanes) is 1. The van der Waals surface area contributed by atoms with E-state index in [4.69, 9.17) is 0 Å². The number of nitro groups is 1. The van der Waals surface area contributed by atoms with Crippen molar-refractivity contribution < 1.29 is 9.72 Å². The average molecular weight is 292 g/mol. The van der Waals surface area contributed by atoms with Crippen molar-refractivity contribution in [1.82, 2.24) is 5.32 Å². The van der Waals surface area contributed by atoms with Gasteiger partial charge in [0.25, 0.3) is 5.69 Å². The highest BCUT2D eigenvalue weighted by atomic mass is 16.6. The highest BCUT2D eigenvalue weighted by Gasteiger charge is 2.16. The van der Waals surface area contributed by atoms with Gasteiger partial charge in [0.05, 0.1) is 11.3 Å². The Balaban J connectivity index is 2.52. The maximum absolute atomic E-state index is 11.9. The molecule has 0 spiro atoms. The van der Waals surface area contributed by atoms with Gasteiger partial charge in [0.1, 0.15) is 0 Å². The standard InChI is InChI=1S/C16H24N2O3/c1-3-5-8-13(4-2)12-17-16(19)11-14-9-6-7-10-15(14)18(20)21/h6-7,9-10,13H,3-5,8,11-12H2,1-2H3,(H,17,19)/t13-/m1/s1. The second kappa shape index (κ2) is 9.10. The fourth-order valence-electron chi connectivity index (χ4n) is 2.28. The topological polar surface area (TPSA) is 72.2 Å². The molecule has 116 valence electrons. The summed E-state index contributed by atoms with van der Waals surface area (Å²) in [6, 6.07) is 6.38. The number of hydrogen-bond acceptors (Lipinski definition) is 3. The lowest BCUT2D eigenvalue weighted by Gasteiger charge is -2.15. The number of nitrogens with one attached hydrogen (secondary N) is 1. The summed E-state index contributed by atoms with van der Waals surface area (Å²) < 4.78 is 0. The molecule has 5 heteroatoms. The van der Waals surface area contributed by atoms with Crippen molar-refractivity contribution in [2.45, 2.75) is 46.0 Å². The monoisotopic (exact) mass is 292 g/mol. The van der Waals surface area contributed by atoms with Crippen LogP contribution >= 0.6 is 0 Å². The van der Waals surface area contributed by atoms with Gasteiger partial charge in [-0.3, -0.25) is 14.9 Å². The molecule has 1 rings (SSSR count). The van der Waals surface area contributed by atoms with Crippen LogP contribution in [0.2, 0.25) is 0 Å². The third-order valence-corrected chi connectivity index (χ3v) is 3.67. The first-order chi connectivity index (χ1) is 10.1. The number of nitrogens with zero attached hydrogens (tertiary/aromatic N) is 1. The predicted octanol–water partition coefficient (Wildman–Crippen LogP) is 3.47. The molecule has 1 aromatic rings. The van der Waals surface area contributed by atoms with Crippen LogP contribution in [0.15, 0.2) is 24.3 Å². The number of carbonyl (C=O) groups excluding carboxylic acids is 1.